The number of anilines is 1. The summed E-state index contributed by atoms with van der Waals surface area (Å²) in [5.74, 6) is -0.448. The van der Waals surface area contributed by atoms with E-state index in [1.165, 1.54) is 4.90 Å². The van der Waals surface area contributed by atoms with Gasteiger partial charge in [0.05, 0.1) is 0 Å². The van der Waals surface area contributed by atoms with Crippen LogP contribution in [-0.4, -0.2) is 46.5 Å². The molecule has 2 aliphatic rings. The standard InChI is InChI=1S/C25H37N3O4/c1-17-11-9-12-18(2)20(17)26-22(30)25(14-7-6-8-15-25)27-21(29)19-13-10-16-28(19)23(31)32-24(3,4)5/h9,11-12,19H,6-8,10,13-16H2,1-5H3,(H,26,30)(H,27,29)/t19-/m1/s1. The van der Waals surface area contributed by atoms with Crippen LogP contribution < -0.4 is 10.6 Å². The Morgan fingerprint density at radius 2 is 1.66 bits per heavy atom. The van der Waals surface area contributed by atoms with Gasteiger partial charge in [-0.1, -0.05) is 37.5 Å². The van der Waals surface area contributed by atoms with Crippen LogP contribution in [-0.2, 0) is 14.3 Å². The highest BCUT2D eigenvalue weighted by atomic mass is 16.6. The van der Waals surface area contributed by atoms with Gasteiger partial charge < -0.3 is 15.4 Å². The van der Waals surface area contributed by atoms with Gasteiger partial charge in [-0.2, -0.15) is 0 Å². The molecule has 32 heavy (non-hydrogen) atoms. The lowest BCUT2D eigenvalue weighted by molar-refractivity contribution is -0.134. The summed E-state index contributed by atoms with van der Waals surface area (Å²) < 4.78 is 5.50. The summed E-state index contributed by atoms with van der Waals surface area (Å²) in [6.07, 6.45) is 4.80. The van der Waals surface area contributed by atoms with E-state index in [1.54, 1.807) is 0 Å². The molecule has 1 aromatic rings. The van der Waals surface area contributed by atoms with Crippen LogP contribution in [0.2, 0.25) is 0 Å². The first kappa shape index (κ1) is 24.1. The number of para-hydroxylation sites is 1. The van der Waals surface area contributed by atoms with E-state index in [2.05, 4.69) is 10.6 Å². The minimum atomic E-state index is -0.966. The third kappa shape index (κ3) is 5.43. The highest BCUT2D eigenvalue weighted by molar-refractivity contribution is 6.02. The quantitative estimate of drug-likeness (QED) is 0.719. The summed E-state index contributed by atoms with van der Waals surface area (Å²) in [6.45, 7) is 9.84. The zero-order valence-electron chi connectivity index (χ0n) is 20.0. The van der Waals surface area contributed by atoms with Crippen molar-refractivity contribution in [1.29, 1.82) is 0 Å². The van der Waals surface area contributed by atoms with Crippen molar-refractivity contribution >= 4 is 23.6 Å². The molecular weight excluding hydrogens is 406 g/mol. The summed E-state index contributed by atoms with van der Waals surface area (Å²) in [6, 6.07) is 5.28. The molecule has 1 aromatic carbocycles. The van der Waals surface area contributed by atoms with E-state index in [0.717, 1.165) is 42.5 Å². The van der Waals surface area contributed by atoms with Crippen LogP contribution in [0.15, 0.2) is 18.2 Å². The predicted molar refractivity (Wildman–Crippen MR) is 124 cm³/mol. The Labute approximate surface area is 191 Å². The van der Waals surface area contributed by atoms with Crippen molar-refractivity contribution < 1.29 is 19.1 Å². The molecule has 1 saturated carbocycles. The molecule has 7 nitrogen and oxygen atoms in total. The number of carbonyl (C=O) groups excluding carboxylic acids is 3. The van der Waals surface area contributed by atoms with Gasteiger partial charge in [0, 0.05) is 12.2 Å². The lowest BCUT2D eigenvalue weighted by Gasteiger charge is -2.38. The van der Waals surface area contributed by atoms with Gasteiger partial charge in [0.2, 0.25) is 11.8 Å². The highest BCUT2D eigenvalue weighted by Crippen LogP contribution is 2.32. The number of hydrogen-bond donors (Lipinski definition) is 2. The maximum Gasteiger partial charge on any atom is 0.410 e. The maximum atomic E-state index is 13.5. The number of benzene rings is 1. The van der Waals surface area contributed by atoms with Crippen molar-refractivity contribution in [1.82, 2.24) is 10.2 Å². The third-order valence-electron chi connectivity index (χ3n) is 6.41. The van der Waals surface area contributed by atoms with Crippen LogP contribution in [0.5, 0.6) is 0 Å². The molecule has 2 N–H and O–H groups in total. The monoisotopic (exact) mass is 443 g/mol. The Morgan fingerprint density at radius 1 is 1.03 bits per heavy atom. The molecule has 1 saturated heterocycles. The van der Waals surface area contributed by atoms with Gasteiger partial charge in [0.15, 0.2) is 0 Å². The first-order valence-electron chi connectivity index (χ1n) is 11.7. The molecule has 1 atom stereocenters. The molecule has 0 spiro atoms. The van der Waals surface area contributed by atoms with Crippen molar-refractivity contribution in [3.63, 3.8) is 0 Å². The molecule has 176 valence electrons. The van der Waals surface area contributed by atoms with Crippen molar-refractivity contribution in [2.45, 2.75) is 96.7 Å². The van der Waals surface area contributed by atoms with E-state index in [9.17, 15) is 14.4 Å². The molecule has 1 heterocycles. The van der Waals surface area contributed by atoms with E-state index < -0.39 is 23.3 Å². The lowest BCUT2D eigenvalue weighted by atomic mass is 9.80. The van der Waals surface area contributed by atoms with Gasteiger partial charge in [0.25, 0.3) is 0 Å². The fourth-order valence-electron chi connectivity index (χ4n) is 4.71. The van der Waals surface area contributed by atoms with Gasteiger partial charge in [-0.15, -0.1) is 0 Å². The van der Waals surface area contributed by atoms with Gasteiger partial charge in [-0.05, 0) is 71.4 Å². The van der Waals surface area contributed by atoms with E-state index >= 15 is 0 Å². The second-order valence-corrected chi connectivity index (χ2v) is 10.2. The van der Waals surface area contributed by atoms with E-state index in [0.29, 0.717) is 25.8 Å². The minimum Gasteiger partial charge on any atom is -0.444 e. The van der Waals surface area contributed by atoms with Crippen LogP contribution in [0, 0.1) is 13.8 Å². The van der Waals surface area contributed by atoms with Gasteiger partial charge in [-0.25, -0.2) is 4.79 Å². The SMILES string of the molecule is Cc1cccc(C)c1NC(=O)C1(NC(=O)[C@H]2CCCN2C(=O)OC(C)(C)C)CCCCC1. The second-order valence-electron chi connectivity index (χ2n) is 10.2. The number of hydrogen-bond acceptors (Lipinski definition) is 4. The van der Waals surface area contributed by atoms with Gasteiger partial charge >= 0.3 is 6.09 Å². The van der Waals surface area contributed by atoms with Crippen LogP contribution in [0.4, 0.5) is 10.5 Å². The molecule has 0 unspecified atom stereocenters. The predicted octanol–water partition coefficient (Wildman–Crippen LogP) is 4.46. The van der Waals surface area contributed by atoms with Crippen molar-refractivity contribution in [3.05, 3.63) is 29.3 Å². The molecule has 2 fully saturated rings. The fourth-order valence-corrected chi connectivity index (χ4v) is 4.71. The summed E-state index contributed by atoms with van der Waals surface area (Å²) in [7, 11) is 0. The number of nitrogens with one attached hydrogen (secondary N) is 2. The average Bonchev–Trinajstić information content (AvgIpc) is 3.20. The zero-order valence-corrected chi connectivity index (χ0v) is 20.0. The Balaban J connectivity index is 1.78. The first-order chi connectivity index (χ1) is 15.0. The Hall–Kier alpha value is -2.57. The molecule has 0 aromatic heterocycles. The van der Waals surface area contributed by atoms with Gasteiger partial charge in [-0.3, -0.25) is 14.5 Å². The molecular formula is C25H37N3O4. The van der Waals surface area contributed by atoms with Crippen molar-refractivity contribution in [2.75, 3.05) is 11.9 Å². The smallest absolute Gasteiger partial charge is 0.410 e. The van der Waals surface area contributed by atoms with Crippen molar-refractivity contribution in [2.24, 2.45) is 0 Å². The molecule has 3 rings (SSSR count). The van der Waals surface area contributed by atoms with E-state index in [4.69, 9.17) is 4.74 Å². The number of likely N-dealkylation sites (tertiary alicyclic amines) is 1. The van der Waals surface area contributed by atoms with Crippen LogP contribution in [0.25, 0.3) is 0 Å². The van der Waals surface area contributed by atoms with Gasteiger partial charge in [0.1, 0.15) is 17.2 Å². The summed E-state index contributed by atoms with van der Waals surface area (Å²) in [5.41, 5.74) is 1.18. The topological polar surface area (TPSA) is 87.7 Å². The molecule has 0 radical (unpaired) electrons. The largest absolute Gasteiger partial charge is 0.444 e. The fraction of sp³-hybridized carbons (Fsp3) is 0.640. The number of ether oxygens (including phenoxy) is 1. The Kier molecular flexibility index (Phi) is 7.16. The Morgan fingerprint density at radius 3 is 2.25 bits per heavy atom. The normalized spacial score (nSPS) is 20.5. The summed E-state index contributed by atoms with van der Waals surface area (Å²) >= 11 is 0. The van der Waals surface area contributed by atoms with Crippen LogP contribution in [0.3, 0.4) is 0 Å². The first-order valence-corrected chi connectivity index (χ1v) is 11.7. The highest BCUT2D eigenvalue weighted by Gasteiger charge is 2.45. The van der Waals surface area contributed by atoms with Crippen LogP contribution >= 0.6 is 0 Å². The molecule has 3 amide bonds. The molecule has 1 aliphatic heterocycles. The number of nitrogens with zero attached hydrogens (tertiary/aromatic N) is 1. The van der Waals surface area contributed by atoms with E-state index in [1.807, 2.05) is 52.8 Å². The number of carbonyl (C=O) groups is 3. The molecule has 0 bridgehead atoms. The van der Waals surface area contributed by atoms with Crippen LogP contribution in [0.1, 0.15) is 76.8 Å². The zero-order chi connectivity index (χ0) is 23.5. The molecule has 1 aliphatic carbocycles. The van der Waals surface area contributed by atoms with Crippen molar-refractivity contribution in [3.8, 4) is 0 Å². The number of aryl methyl sites for hydroxylation is 2. The second kappa shape index (κ2) is 9.51. The maximum absolute atomic E-state index is 13.5. The number of rotatable bonds is 4. The minimum absolute atomic E-state index is 0.176. The molecule has 7 heteroatoms. The lowest BCUT2D eigenvalue weighted by Crippen LogP contribution is -2.61. The summed E-state index contributed by atoms with van der Waals surface area (Å²) in [4.78, 5) is 41.0. The van der Waals surface area contributed by atoms with E-state index in [-0.39, 0.29) is 11.8 Å². The average molecular weight is 444 g/mol. The Bertz CT molecular complexity index is 848. The summed E-state index contributed by atoms with van der Waals surface area (Å²) in [5, 5.41) is 6.17. The number of amides is 3. The third-order valence-corrected chi connectivity index (χ3v) is 6.41.